The van der Waals surface area contributed by atoms with E-state index in [-0.39, 0.29) is 17.5 Å². The number of hydrogen-bond donors (Lipinski definition) is 0. The van der Waals surface area contributed by atoms with Crippen LogP contribution in [0.1, 0.15) is 52.7 Å². The summed E-state index contributed by atoms with van der Waals surface area (Å²) in [5.74, 6) is 0. The van der Waals surface area contributed by atoms with Gasteiger partial charge in [0.15, 0.2) is 0 Å². The van der Waals surface area contributed by atoms with Crippen LogP contribution in [0, 0.1) is 0 Å². The normalized spacial score (nSPS) is 13.0. The summed E-state index contributed by atoms with van der Waals surface area (Å²) in [6.07, 6.45) is 0. The monoisotopic (exact) mass is 1080 g/mol. The van der Waals surface area contributed by atoms with Crippen LogP contribution in [0.25, 0.3) is 94.3 Å². The Hall–Kier alpha value is -9.90. The van der Waals surface area contributed by atoms with Crippen LogP contribution in [0.3, 0.4) is 0 Å². The molecule has 400 valence electrons. The maximum absolute atomic E-state index is 2.67. The lowest BCUT2D eigenvalue weighted by molar-refractivity contribution is 0.590. The molecule has 0 bridgehead atoms. The van der Waals surface area contributed by atoms with E-state index < -0.39 is 0 Å². The molecule has 0 unspecified atom stereocenters. The minimum absolute atomic E-state index is 0.0385. The molecule has 0 radical (unpaired) electrons. The molecule has 3 aliphatic heterocycles. The van der Waals surface area contributed by atoms with Crippen molar-refractivity contribution in [2.24, 2.45) is 0 Å². The summed E-state index contributed by atoms with van der Waals surface area (Å²) in [6, 6.07) is 101. The number of fused-ring (bicyclic) bond motifs is 12. The Morgan fingerprint density at radius 3 is 1.26 bits per heavy atom. The van der Waals surface area contributed by atoms with Gasteiger partial charge in [-0.05, 0) is 167 Å². The van der Waals surface area contributed by atoms with Crippen molar-refractivity contribution in [2.75, 3.05) is 9.80 Å². The molecule has 0 amide bonds. The van der Waals surface area contributed by atoms with Gasteiger partial charge in [0.25, 0.3) is 6.71 Å². The molecule has 4 heterocycles. The van der Waals surface area contributed by atoms with Gasteiger partial charge >= 0.3 is 0 Å². The highest BCUT2D eigenvalue weighted by Gasteiger charge is 2.46. The van der Waals surface area contributed by atoms with Crippen molar-refractivity contribution < 1.29 is 0 Å². The lowest BCUT2D eigenvalue weighted by atomic mass is 9.33. The van der Waals surface area contributed by atoms with Crippen LogP contribution >= 0.6 is 0 Å². The summed E-state index contributed by atoms with van der Waals surface area (Å²) < 4.78 is 2.57. The van der Waals surface area contributed by atoms with Gasteiger partial charge in [-0.3, -0.25) is 0 Å². The molecule has 16 rings (SSSR count). The minimum atomic E-state index is -0.157. The van der Waals surface area contributed by atoms with Crippen molar-refractivity contribution in [3.05, 3.63) is 278 Å². The van der Waals surface area contributed by atoms with Gasteiger partial charge in [-0.25, -0.2) is 0 Å². The lowest BCUT2D eigenvalue weighted by Gasteiger charge is -2.45. The van der Waals surface area contributed by atoms with E-state index in [9.17, 15) is 0 Å². The molecule has 12 aromatic carbocycles. The molecule has 0 saturated heterocycles. The lowest BCUT2D eigenvalue weighted by Crippen LogP contribution is -2.61. The predicted molar refractivity (Wildman–Crippen MR) is 358 cm³/mol. The molecule has 0 saturated carbocycles. The zero-order chi connectivity index (χ0) is 56.6. The number of rotatable bonds is 6. The molecular formula is C80H62BN3. The SMILES string of the molecule is CC(C)(C)c1ccc2c(c1)c1cc(C(C)(C)C)ccc1n2-c1cc2c3c(c1)N1c4ccc(-c5ccccc5)cc4-c4ccccc4-c4cc(-c5ccccc5)cc(c41)B3c1cc(-c3ccccc3)ccc1N2c1ccc(-c2ccccc2)cc1. The van der Waals surface area contributed by atoms with E-state index in [1.54, 1.807) is 0 Å². The van der Waals surface area contributed by atoms with E-state index >= 15 is 0 Å². The van der Waals surface area contributed by atoms with Gasteiger partial charge in [-0.15, -0.1) is 0 Å². The van der Waals surface area contributed by atoms with E-state index in [2.05, 4.69) is 323 Å². The second-order valence-corrected chi connectivity index (χ2v) is 25.3. The molecular weight excluding hydrogens is 1010 g/mol. The van der Waals surface area contributed by atoms with Gasteiger partial charge in [-0.2, -0.15) is 0 Å². The number of benzene rings is 12. The summed E-state index contributed by atoms with van der Waals surface area (Å²) >= 11 is 0. The third-order valence-corrected chi connectivity index (χ3v) is 18.2. The molecule has 13 aromatic rings. The topological polar surface area (TPSA) is 11.4 Å². The Bertz CT molecular complexity index is 4710. The first-order valence-electron chi connectivity index (χ1n) is 29.7. The molecule has 0 fully saturated rings. The molecule has 0 spiro atoms. The molecule has 3 aliphatic rings. The van der Waals surface area contributed by atoms with Crippen LogP contribution in [0.5, 0.6) is 0 Å². The maximum Gasteiger partial charge on any atom is 0.252 e. The van der Waals surface area contributed by atoms with Gasteiger partial charge in [-0.1, -0.05) is 236 Å². The second kappa shape index (κ2) is 18.8. The number of aromatic nitrogens is 1. The largest absolute Gasteiger partial charge is 0.311 e. The van der Waals surface area contributed by atoms with Gasteiger partial charge < -0.3 is 14.4 Å². The number of nitrogens with zero attached hydrogens (tertiary/aromatic N) is 3. The number of hydrogen-bond acceptors (Lipinski definition) is 2. The van der Waals surface area contributed by atoms with Crippen molar-refractivity contribution in [3.63, 3.8) is 0 Å². The van der Waals surface area contributed by atoms with E-state index in [1.165, 1.54) is 133 Å². The second-order valence-electron chi connectivity index (χ2n) is 25.3. The first-order chi connectivity index (χ1) is 40.9. The van der Waals surface area contributed by atoms with Crippen LogP contribution in [0.2, 0.25) is 0 Å². The molecule has 0 atom stereocenters. The summed E-state index contributed by atoms with van der Waals surface area (Å²) in [5, 5.41) is 2.54. The summed E-state index contributed by atoms with van der Waals surface area (Å²) in [4.78, 5) is 5.26. The number of anilines is 6. The van der Waals surface area contributed by atoms with Crippen molar-refractivity contribution in [2.45, 2.75) is 52.4 Å². The van der Waals surface area contributed by atoms with Crippen LogP contribution in [-0.2, 0) is 10.8 Å². The Labute approximate surface area is 493 Å². The zero-order valence-corrected chi connectivity index (χ0v) is 48.3. The van der Waals surface area contributed by atoms with Gasteiger partial charge in [0.2, 0.25) is 0 Å². The van der Waals surface area contributed by atoms with Gasteiger partial charge in [0, 0.05) is 50.3 Å². The third kappa shape index (κ3) is 7.88. The Morgan fingerprint density at radius 2 is 0.714 bits per heavy atom. The molecule has 1 aromatic heterocycles. The molecule has 0 aliphatic carbocycles. The highest BCUT2D eigenvalue weighted by atomic mass is 15.2. The van der Waals surface area contributed by atoms with Crippen LogP contribution in [-0.4, -0.2) is 11.3 Å². The smallest absolute Gasteiger partial charge is 0.252 e. The van der Waals surface area contributed by atoms with Crippen LogP contribution in [0.4, 0.5) is 34.1 Å². The van der Waals surface area contributed by atoms with Crippen molar-refractivity contribution in [3.8, 4) is 72.4 Å². The summed E-state index contributed by atoms with van der Waals surface area (Å²) in [6.45, 7) is 13.8. The standard InChI is InChI=1S/C80H62BN3/c1-79(2,3)59-35-41-71-66(47-59)67-48-60(80(4,5)6)36-42-72(67)83(71)62-49-75-77-76(50-62)84-73-39-33-56(52-23-13-8-14-24-52)43-65(73)63-29-19-20-30-64(63)68-44-58(54-27-17-10-18-28-54)46-70(78(68)84)81(77)69-45-57(53-25-15-9-16-26-53)34-40-74(69)82(75)61-37-31-55(32-38-61)51-21-11-7-12-22-51/h7-50H,1-6H3. The first kappa shape index (κ1) is 49.9. The fraction of sp³-hybridized carbons (Fsp3) is 0.100. The molecule has 4 heteroatoms. The predicted octanol–water partition coefficient (Wildman–Crippen LogP) is 19.8. The molecule has 3 nitrogen and oxygen atoms in total. The quantitative estimate of drug-likeness (QED) is 0.154. The van der Waals surface area contributed by atoms with Crippen LogP contribution < -0.4 is 26.2 Å². The van der Waals surface area contributed by atoms with Crippen LogP contribution in [0.15, 0.2) is 267 Å². The van der Waals surface area contributed by atoms with E-state index in [0.717, 1.165) is 22.7 Å². The first-order valence-corrected chi connectivity index (χ1v) is 29.7. The fourth-order valence-electron chi connectivity index (χ4n) is 14.0. The molecule has 84 heavy (non-hydrogen) atoms. The average Bonchev–Trinajstić information content (AvgIpc) is 1.45. The summed E-state index contributed by atoms with van der Waals surface area (Å²) in [7, 11) is 0. The zero-order valence-electron chi connectivity index (χ0n) is 48.3. The average molecular weight is 1080 g/mol. The summed E-state index contributed by atoms with van der Waals surface area (Å²) in [5.41, 5.74) is 31.3. The maximum atomic E-state index is 2.67. The van der Waals surface area contributed by atoms with E-state index in [4.69, 9.17) is 0 Å². The highest BCUT2D eigenvalue weighted by molar-refractivity contribution is 7.00. The van der Waals surface area contributed by atoms with Gasteiger partial charge in [0.05, 0.1) is 22.4 Å². The third-order valence-electron chi connectivity index (χ3n) is 18.2. The van der Waals surface area contributed by atoms with E-state index in [0.29, 0.717) is 0 Å². The Morgan fingerprint density at radius 1 is 0.286 bits per heavy atom. The Balaban J connectivity index is 1.07. The minimum Gasteiger partial charge on any atom is -0.311 e. The van der Waals surface area contributed by atoms with Crippen molar-refractivity contribution in [1.29, 1.82) is 0 Å². The van der Waals surface area contributed by atoms with Crippen molar-refractivity contribution in [1.82, 2.24) is 4.57 Å². The Kier molecular flexibility index (Phi) is 11.2. The van der Waals surface area contributed by atoms with E-state index in [1.807, 2.05) is 0 Å². The highest BCUT2D eigenvalue weighted by Crippen LogP contribution is 2.55. The fourth-order valence-corrected chi connectivity index (χ4v) is 14.0. The van der Waals surface area contributed by atoms with Gasteiger partial charge in [0.1, 0.15) is 0 Å². The molecule has 0 N–H and O–H groups in total. The van der Waals surface area contributed by atoms with Crippen molar-refractivity contribution >= 4 is 79.0 Å².